The smallest absolute Gasteiger partial charge is 0.305 e. The lowest BCUT2D eigenvalue weighted by molar-refractivity contribution is -0.143. The van der Waals surface area contributed by atoms with Gasteiger partial charge in [-0.25, -0.2) is 12.7 Å². The molecule has 0 saturated carbocycles. The monoisotopic (exact) mass is 343 g/mol. The predicted octanol–water partition coefficient (Wildman–Crippen LogP) is 1.65. The van der Waals surface area contributed by atoms with Crippen molar-refractivity contribution in [3.63, 3.8) is 0 Å². The van der Waals surface area contributed by atoms with Gasteiger partial charge >= 0.3 is 5.97 Å². The fraction of sp³-hybridized carbons (Fsp3) is 0.733. The van der Waals surface area contributed by atoms with Gasteiger partial charge in [0.25, 0.3) is 0 Å². The Balaban J connectivity index is 1.80. The molecule has 8 heteroatoms. The second-order valence-electron chi connectivity index (χ2n) is 5.79. The summed E-state index contributed by atoms with van der Waals surface area (Å²) in [5, 5.41) is 6.87. The minimum absolute atomic E-state index is 0.0854. The second-order valence-corrected chi connectivity index (χ2v) is 7.88. The fourth-order valence-corrected chi connectivity index (χ4v) is 4.50. The number of aromatic nitrogens is 2. The largest absolute Gasteiger partial charge is 0.466 e. The molecule has 1 atom stereocenters. The fourth-order valence-electron chi connectivity index (χ4n) is 2.86. The Morgan fingerprint density at radius 1 is 1.48 bits per heavy atom. The number of hydrogen-bond acceptors (Lipinski definition) is 5. The molecule has 130 valence electrons. The van der Waals surface area contributed by atoms with Crippen LogP contribution in [0.25, 0.3) is 0 Å². The van der Waals surface area contributed by atoms with Crippen molar-refractivity contribution < 1.29 is 17.9 Å². The molecule has 0 bridgehead atoms. The van der Waals surface area contributed by atoms with Crippen LogP contribution in [0.3, 0.4) is 0 Å². The number of hydrogen-bond donors (Lipinski definition) is 1. The molecule has 2 rings (SSSR count). The van der Waals surface area contributed by atoms with E-state index in [1.165, 1.54) is 0 Å². The SMILES string of the molecule is CCOC(=O)CCCCS(=O)(=O)N1CCCC(c2ccn[nH]2)C1. The normalized spacial score (nSPS) is 19.6. The first-order valence-corrected chi connectivity index (χ1v) is 9.76. The molecule has 1 saturated heterocycles. The summed E-state index contributed by atoms with van der Waals surface area (Å²) < 4.78 is 31.3. The van der Waals surface area contributed by atoms with E-state index in [1.807, 2.05) is 6.07 Å². The first-order chi connectivity index (χ1) is 11.0. The van der Waals surface area contributed by atoms with Crippen LogP contribution in [0.15, 0.2) is 12.3 Å². The summed E-state index contributed by atoms with van der Waals surface area (Å²) >= 11 is 0. The van der Waals surface area contributed by atoms with Crippen LogP contribution in [0.2, 0.25) is 0 Å². The number of H-pyrrole nitrogens is 1. The number of nitrogens with zero attached hydrogens (tertiary/aromatic N) is 2. The Morgan fingerprint density at radius 3 is 3.00 bits per heavy atom. The number of carbonyl (C=O) groups is 1. The molecule has 0 spiro atoms. The minimum Gasteiger partial charge on any atom is -0.466 e. The summed E-state index contributed by atoms with van der Waals surface area (Å²) in [4.78, 5) is 11.3. The van der Waals surface area contributed by atoms with Crippen molar-refractivity contribution in [1.29, 1.82) is 0 Å². The number of nitrogens with one attached hydrogen (secondary N) is 1. The van der Waals surface area contributed by atoms with Gasteiger partial charge in [-0.05, 0) is 38.7 Å². The van der Waals surface area contributed by atoms with Gasteiger partial charge in [-0.1, -0.05) is 0 Å². The molecule has 1 aliphatic heterocycles. The van der Waals surface area contributed by atoms with Crippen LogP contribution in [-0.2, 0) is 19.6 Å². The number of carbonyl (C=O) groups excluding carboxylic acids is 1. The van der Waals surface area contributed by atoms with E-state index in [9.17, 15) is 13.2 Å². The lowest BCUT2D eigenvalue weighted by Crippen LogP contribution is -2.40. The van der Waals surface area contributed by atoms with Crippen LogP contribution in [0.5, 0.6) is 0 Å². The van der Waals surface area contributed by atoms with Crippen LogP contribution in [0.4, 0.5) is 0 Å². The van der Waals surface area contributed by atoms with E-state index in [1.54, 1.807) is 17.4 Å². The number of ether oxygens (including phenoxy) is 1. The standard InChI is InChI=1S/C15H25N3O4S/c1-2-22-15(19)7-3-4-11-23(20,21)18-10-5-6-13(12-18)14-8-9-16-17-14/h8-9,13H,2-7,10-12H2,1H3,(H,16,17). The highest BCUT2D eigenvalue weighted by atomic mass is 32.2. The van der Waals surface area contributed by atoms with Crippen LogP contribution >= 0.6 is 0 Å². The highest BCUT2D eigenvalue weighted by molar-refractivity contribution is 7.89. The quantitative estimate of drug-likeness (QED) is 0.572. The van der Waals surface area contributed by atoms with Crippen LogP contribution < -0.4 is 0 Å². The topological polar surface area (TPSA) is 92.4 Å². The van der Waals surface area contributed by atoms with Gasteiger partial charge in [-0.2, -0.15) is 5.10 Å². The molecule has 0 aromatic carbocycles. The zero-order valence-corrected chi connectivity index (χ0v) is 14.3. The summed E-state index contributed by atoms with van der Waals surface area (Å²) in [5.74, 6) is 0.00462. The Hall–Kier alpha value is -1.41. The van der Waals surface area contributed by atoms with Crippen molar-refractivity contribution in [3.8, 4) is 0 Å². The molecule has 7 nitrogen and oxygen atoms in total. The number of esters is 1. The van der Waals surface area contributed by atoms with Crippen LogP contribution in [-0.4, -0.2) is 54.3 Å². The maximum Gasteiger partial charge on any atom is 0.305 e. The maximum atomic E-state index is 12.5. The van der Waals surface area contributed by atoms with Crippen molar-refractivity contribution in [3.05, 3.63) is 18.0 Å². The summed E-state index contributed by atoms with van der Waals surface area (Å²) in [5.41, 5.74) is 0.993. The Labute approximate surface area is 137 Å². The Kier molecular flexibility index (Phi) is 6.59. The number of rotatable bonds is 8. The first-order valence-electron chi connectivity index (χ1n) is 8.15. The predicted molar refractivity (Wildman–Crippen MR) is 86.4 cm³/mol. The highest BCUT2D eigenvalue weighted by Crippen LogP contribution is 2.27. The number of unbranched alkanes of at least 4 members (excludes halogenated alkanes) is 1. The molecular formula is C15H25N3O4S. The van der Waals surface area contributed by atoms with E-state index in [0.717, 1.165) is 18.5 Å². The van der Waals surface area contributed by atoms with Gasteiger partial charge in [0.2, 0.25) is 10.0 Å². The third-order valence-corrected chi connectivity index (χ3v) is 6.00. The second kappa shape index (κ2) is 8.44. The lowest BCUT2D eigenvalue weighted by atomic mass is 9.96. The van der Waals surface area contributed by atoms with E-state index >= 15 is 0 Å². The van der Waals surface area contributed by atoms with E-state index in [-0.39, 0.29) is 24.1 Å². The third-order valence-electron chi connectivity index (χ3n) is 4.08. The van der Waals surface area contributed by atoms with Crippen molar-refractivity contribution >= 4 is 16.0 Å². The van der Waals surface area contributed by atoms with Gasteiger partial charge < -0.3 is 4.74 Å². The Morgan fingerprint density at radius 2 is 2.30 bits per heavy atom. The summed E-state index contributed by atoms with van der Waals surface area (Å²) in [6.45, 7) is 3.20. The number of piperidine rings is 1. The van der Waals surface area contributed by atoms with Gasteiger partial charge in [-0.15, -0.1) is 0 Å². The lowest BCUT2D eigenvalue weighted by Gasteiger charge is -2.31. The van der Waals surface area contributed by atoms with E-state index in [2.05, 4.69) is 10.2 Å². The average molecular weight is 343 g/mol. The van der Waals surface area contributed by atoms with Gasteiger partial charge in [0.05, 0.1) is 12.4 Å². The summed E-state index contributed by atoms with van der Waals surface area (Å²) in [6.07, 6.45) is 4.81. The molecule has 1 aromatic rings. The summed E-state index contributed by atoms with van der Waals surface area (Å²) in [7, 11) is -3.27. The van der Waals surface area contributed by atoms with Crippen molar-refractivity contribution in [2.45, 2.75) is 44.9 Å². The Bertz CT molecular complexity index is 586. The van der Waals surface area contributed by atoms with Gasteiger partial charge in [0, 0.05) is 37.3 Å². The zero-order chi connectivity index (χ0) is 16.7. The maximum absolute atomic E-state index is 12.5. The first kappa shape index (κ1) is 17.9. The molecule has 1 fully saturated rings. The number of sulfonamides is 1. The third kappa shape index (κ3) is 5.31. The molecule has 2 heterocycles. The molecule has 0 amide bonds. The molecule has 1 aromatic heterocycles. The van der Waals surface area contributed by atoms with Gasteiger partial charge in [0.15, 0.2) is 0 Å². The molecule has 0 aliphatic carbocycles. The molecule has 1 N–H and O–H groups in total. The highest BCUT2D eigenvalue weighted by Gasteiger charge is 2.29. The molecular weight excluding hydrogens is 318 g/mol. The van der Waals surface area contributed by atoms with Crippen molar-refractivity contribution in [1.82, 2.24) is 14.5 Å². The van der Waals surface area contributed by atoms with Crippen LogP contribution in [0.1, 0.15) is 50.6 Å². The summed E-state index contributed by atoms with van der Waals surface area (Å²) in [6, 6.07) is 1.90. The number of aromatic amines is 1. The van der Waals surface area contributed by atoms with E-state index < -0.39 is 10.0 Å². The van der Waals surface area contributed by atoms with Gasteiger partial charge in [-0.3, -0.25) is 9.89 Å². The van der Waals surface area contributed by atoms with Gasteiger partial charge in [0.1, 0.15) is 0 Å². The van der Waals surface area contributed by atoms with Crippen LogP contribution in [0, 0.1) is 0 Å². The van der Waals surface area contributed by atoms with E-state index in [4.69, 9.17) is 4.74 Å². The molecule has 1 aliphatic rings. The average Bonchev–Trinajstić information content (AvgIpc) is 3.06. The zero-order valence-electron chi connectivity index (χ0n) is 13.5. The van der Waals surface area contributed by atoms with E-state index in [0.29, 0.717) is 32.5 Å². The molecule has 0 radical (unpaired) electrons. The van der Waals surface area contributed by atoms with Crippen molar-refractivity contribution in [2.24, 2.45) is 0 Å². The molecule has 1 unspecified atom stereocenters. The molecule has 23 heavy (non-hydrogen) atoms. The van der Waals surface area contributed by atoms with Crippen molar-refractivity contribution in [2.75, 3.05) is 25.4 Å². The minimum atomic E-state index is -3.27.